The second kappa shape index (κ2) is 32.5. The van der Waals surface area contributed by atoms with Crippen molar-refractivity contribution in [2.75, 3.05) is 54.1 Å². The van der Waals surface area contributed by atoms with E-state index in [0.717, 1.165) is 77.0 Å². The summed E-state index contributed by atoms with van der Waals surface area (Å²) in [5.74, 6) is -0.889. The van der Waals surface area contributed by atoms with Gasteiger partial charge in [-0.2, -0.15) is 5.06 Å². The Morgan fingerprint density at radius 3 is 1.53 bits per heavy atom. The number of ether oxygens (including phenoxy) is 3. The highest BCUT2D eigenvalue weighted by molar-refractivity contribution is 7.45. The smallest absolute Gasteiger partial charge is 0.306 e. The minimum Gasteiger partial charge on any atom is -0.756 e. The van der Waals surface area contributed by atoms with Gasteiger partial charge in [-0.05, 0) is 52.4 Å². The van der Waals surface area contributed by atoms with Gasteiger partial charge in [-0.3, -0.25) is 14.2 Å². The molecule has 13 heteroatoms. The van der Waals surface area contributed by atoms with Crippen molar-refractivity contribution in [1.82, 2.24) is 5.06 Å². The average molecular weight is 863 g/mol. The maximum Gasteiger partial charge on any atom is 0.306 e. The molecule has 1 rings (SSSR count). The highest BCUT2D eigenvalue weighted by Crippen LogP contribution is 2.41. The predicted octanol–water partition coefficient (Wildman–Crippen LogP) is 11.2. The third-order valence-electron chi connectivity index (χ3n) is 11.4. The summed E-state index contributed by atoms with van der Waals surface area (Å²) in [6.07, 6.45) is 29.3. The van der Waals surface area contributed by atoms with Crippen LogP contribution in [0.25, 0.3) is 0 Å². The monoisotopic (exact) mass is 863 g/mol. The molecule has 1 heterocycles. The molecule has 0 aromatic heterocycles. The number of phosphoric ester groups is 1. The van der Waals surface area contributed by atoms with Gasteiger partial charge in [-0.15, -0.1) is 0 Å². The molecular weight excluding hydrogens is 771 g/mol. The van der Waals surface area contributed by atoms with Gasteiger partial charge in [0.15, 0.2) is 6.10 Å². The molecule has 0 amide bonds. The summed E-state index contributed by atoms with van der Waals surface area (Å²) in [5.41, 5.74) is -1.01. The molecule has 0 saturated carbocycles. The van der Waals surface area contributed by atoms with E-state index >= 15 is 0 Å². The number of hydroxylamine groups is 2. The molecule has 0 aromatic carbocycles. The van der Waals surface area contributed by atoms with E-state index in [4.69, 9.17) is 23.3 Å². The van der Waals surface area contributed by atoms with E-state index in [9.17, 15) is 24.3 Å². The van der Waals surface area contributed by atoms with Crippen molar-refractivity contribution < 1.29 is 52.0 Å². The first-order valence-electron chi connectivity index (χ1n) is 23.9. The maximum absolute atomic E-state index is 12.8. The van der Waals surface area contributed by atoms with E-state index in [1.165, 1.54) is 95.0 Å². The molecule has 1 aliphatic rings. The van der Waals surface area contributed by atoms with Crippen molar-refractivity contribution in [2.45, 2.75) is 231 Å². The Morgan fingerprint density at radius 2 is 1.10 bits per heavy atom. The van der Waals surface area contributed by atoms with E-state index in [0.29, 0.717) is 24.1 Å². The molecule has 1 saturated heterocycles. The van der Waals surface area contributed by atoms with Crippen molar-refractivity contribution in [2.24, 2.45) is 0 Å². The fraction of sp³-hybridized carbons (Fsp3) is 0.957. The largest absolute Gasteiger partial charge is 0.756 e. The molecule has 1 aliphatic heterocycles. The lowest BCUT2D eigenvalue weighted by Gasteiger charge is -2.37. The Labute approximate surface area is 361 Å². The predicted molar refractivity (Wildman–Crippen MR) is 235 cm³/mol. The van der Waals surface area contributed by atoms with Crippen LogP contribution in [0.5, 0.6) is 0 Å². The van der Waals surface area contributed by atoms with Gasteiger partial charge in [-0.25, -0.2) is 0 Å². The Balaban J connectivity index is 2.44. The van der Waals surface area contributed by atoms with Crippen LogP contribution in [0, 0.1) is 0 Å². The lowest BCUT2D eigenvalue weighted by atomic mass is 9.95. The van der Waals surface area contributed by atoms with Crippen LogP contribution in [0.4, 0.5) is 0 Å². The SMILES string of the molecule is CCCCCCCCCCCCCCCC(=O)OCC(COP(=O)([O-])OCC[N+](C)(C)C)OC(=O)CCCCCCCCC1(CCCCCCCC)OCC(C)(C)N1O. The van der Waals surface area contributed by atoms with Gasteiger partial charge >= 0.3 is 11.9 Å². The lowest BCUT2D eigenvalue weighted by molar-refractivity contribution is -0.870. The quantitative estimate of drug-likeness (QED) is 0.0272. The van der Waals surface area contributed by atoms with Crippen molar-refractivity contribution in [3.63, 3.8) is 0 Å². The number of esters is 2. The number of hydrogen-bond donors (Lipinski definition) is 1. The van der Waals surface area contributed by atoms with Gasteiger partial charge in [0.05, 0.1) is 39.9 Å². The number of phosphoric acid groups is 1. The van der Waals surface area contributed by atoms with Gasteiger partial charge in [-0.1, -0.05) is 149 Å². The minimum absolute atomic E-state index is 0.0469. The zero-order valence-electron chi connectivity index (χ0n) is 39.1. The number of carbonyl (C=O) groups is 2. The van der Waals surface area contributed by atoms with E-state index < -0.39 is 43.7 Å². The van der Waals surface area contributed by atoms with Crippen LogP contribution in [-0.4, -0.2) is 98.2 Å². The molecule has 3 atom stereocenters. The number of unbranched alkanes of at least 4 members (excludes halogenated alkanes) is 22. The zero-order valence-corrected chi connectivity index (χ0v) is 40.0. The number of hydrogen-bond acceptors (Lipinski definition) is 11. The van der Waals surface area contributed by atoms with Crippen LogP contribution in [0.2, 0.25) is 0 Å². The minimum atomic E-state index is -4.66. The Morgan fingerprint density at radius 1 is 0.678 bits per heavy atom. The highest BCUT2D eigenvalue weighted by Gasteiger charge is 2.50. The van der Waals surface area contributed by atoms with Gasteiger partial charge < -0.3 is 37.8 Å². The standard InChI is InChI=1S/C46H91N2O10P/c1-8-10-12-14-16-17-18-19-20-21-22-25-29-33-43(49)54-39-42(40-57-59(52,53)56-38-37-48(5,6)7)58-44(50)34-30-26-23-24-28-32-36-46(35-31-27-15-13-11-9-2)47(51)45(3,4)41-55-46/h42,51H,8-41H2,1-7H3. The van der Waals surface area contributed by atoms with Crippen LogP contribution in [0.3, 0.4) is 0 Å². The summed E-state index contributed by atoms with van der Waals surface area (Å²) in [6.45, 7) is 8.67. The van der Waals surface area contributed by atoms with Crippen LogP contribution >= 0.6 is 7.82 Å². The average Bonchev–Trinajstić information content (AvgIpc) is 3.40. The number of likely N-dealkylation sites (N-methyl/N-ethyl adjacent to an activating group) is 1. The highest BCUT2D eigenvalue weighted by atomic mass is 31.2. The molecule has 12 nitrogen and oxygen atoms in total. The van der Waals surface area contributed by atoms with E-state index in [-0.39, 0.29) is 26.1 Å². The molecule has 0 aromatic rings. The van der Waals surface area contributed by atoms with Gasteiger partial charge in [0, 0.05) is 12.8 Å². The Hall–Kier alpha value is -1.11. The van der Waals surface area contributed by atoms with Gasteiger partial charge in [0.25, 0.3) is 7.82 Å². The number of carbonyl (C=O) groups excluding carboxylic acids is 2. The molecule has 1 N–H and O–H groups in total. The second-order valence-corrected chi connectivity index (χ2v) is 20.3. The molecule has 1 fully saturated rings. The van der Waals surface area contributed by atoms with Crippen molar-refractivity contribution in [1.29, 1.82) is 0 Å². The third-order valence-corrected chi connectivity index (χ3v) is 12.4. The Bertz CT molecular complexity index is 1120. The fourth-order valence-corrected chi connectivity index (χ4v) is 8.30. The molecular formula is C46H91N2O10P. The molecule has 3 unspecified atom stereocenters. The molecule has 0 radical (unpaired) electrons. The fourth-order valence-electron chi connectivity index (χ4n) is 7.57. The van der Waals surface area contributed by atoms with Crippen LogP contribution in [0.15, 0.2) is 0 Å². The summed E-state index contributed by atoms with van der Waals surface area (Å²) in [5, 5.41) is 12.6. The van der Waals surface area contributed by atoms with Crippen molar-refractivity contribution in [3.8, 4) is 0 Å². The number of quaternary nitrogens is 1. The summed E-state index contributed by atoms with van der Waals surface area (Å²) in [6, 6.07) is 0. The number of rotatable bonds is 40. The van der Waals surface area contributed by atoms with Gasteiger partial charge in [0.1, 0.15) is 25.5 Å². The first-order valence-corrected chi connectivity index (χ1v) is 25.4. The molecule has 0 bridgehead atoms. The summed E-state index contributed by atoms with van der Waals surface area (Å²) < 4.78 is 40.4. The zero-order chi connectivity index (χ0) is 43.9. The van der Waals surface area contributed by atoms with Crippen molar-refractivity contribution >= 4 is 19.8 Å². The van der Waals surface area contributed by atoms with E-state index in [2.05, 4.69) is 13.8 Å². The summed E-state index contributed by atoms with van der Waals surface area (Å²) in [7, 11) is 1.11. The topological polar surface area (TPSA) is 144 Å². The first kappa shape index (κ1) is 55.9. The third kappa shape index (κ3) is 29.0. The van der Waals surface area contributed by atoms with E-state index in [1.54, 1.807) is 0 Å². The molecule has 59 heavy (non-hydrogen) atoms. The molecule has 0 spiro atoms. The Kier molecular flexibility index (Phi) is 30.8. The maximum atomic E-state index is 12.8. The van der Waals surface area contributed by atoms with Gasteiger partial charge in [0.2, 0.25) is 0 Å². The lowest BCUT2D eigenvalue weighted by Crippen LogP contribution is -2.50. The summed E-state index contributed by atoms with van der Waals surface area (Å²) >= 11 is 0. The number of nitrogens with zero attached hydrogens (tertiary/aromatic N) is 2. The summed E-state index contributed by atoms with van der Waals surface area (Å²) in [4.78, 5) is 37.8. The van der Waals surface area contributed by atoms with Crippen molar-refractivity contribution in [3.05, 3.63) is 0 Å². The van der Waals surface area contributed by atoms with E-state index in [1.807, 2.05) is 35.0 Å². The first-order chi connectivity index (χ1) is 28.1. The molecule has 0 aliphatic carbocycles. The second-order valence-electron chi connectivity index (χ2n) is 18.9. The van der Waals surface area contributed by atoms with Crippen LogP contribution < -0.4 is 4.89 Å². The normalized spacial score (nSPS) is 18.5. The van der Waals surface area contributed by atoms with Crippen LogP contribution in [0.1, 0.15) is 214 Å². The van der Waals surface area contributed by atoms with Crippen LogP contribution in [-0.2, 0) is 37.4 Å². The molecule has 350 valence electrons.